The molecule has 0 bridgehead atoms. The van der Waals surface area contributed by atoms with Crippen molar-refractivity contribution in [2.45, 2.75) is 19.4 Å². The van der Waals surface area contributed by atoms with Crippen LogP contribution >= 0.6 is 0 Å². The Morgan fingerprint density at radius 2 is 2.00 bits per heavy atom. The van der Waals surface area contributed by atoms with E-state index in [9.17, 15) is 0 Å². The summed E-state index contributed by atoms with van der Waals surface area (Å²) in [4.78, 5) is 4.11. The zero-order chi connectivity index (χ0) is 14.7. The lowest BCUT2D eigenvalue weighted by Crippen LogP contribution is -2.06. The molecule has 0 amide bonds. The Kier molecular flexibility index (Phi) is 3.77. The molecule has 4 nitrogen and oxygen atoms in total. The van der Waals surface area contributed by atoms with Crippen molar-refractivity contribution in [3.8, 4) is 17.1 Å². The lowest BCUT2D eigenvalue weighted by molar-refractivity contribution is 0.414. The molecule has 0 fully saturated rings. The van der Waals surface area contributed by atoms with Crippen LogP contribution in [0.3, 0.4) is 0 Å². The fraction of sp³-hybridized carbons (Fsp3) is 0.235. The zero-order valence-electron chi connectivity index (χ0n) is 12.2. The SMILES string of the molecule is CCC(c1ccc(-c2ccc(OC)cc2)o1)n1ccnc1. The number of nitrogens with zero attached hydrogens (tertiary/aromatic N) is 2. The molecule has 1 atom stereocenters. The Labute approximate surface area is 124 Å². The first-order chi connectivity index (χ1) is 10.3. The smallest absolute Gasteiger partial charge is 0.134 e. The molecule has 108 valence electrons. The average Bonchev–Trinajstić information content (AvgIpc) is 3.20. The third kappa shape index (κ3) is 2.70. The Morgan fingerprint density at radius 3 is 2.62 bits per heavy atom. The lowest BCUT2D eigenvalue weighted by atomic mass is 10.1. The predicted octanol–water partition coefficient (Wildman–Crippen LogP) is 4.15. The molecule has 0 saturated carbocycles. The largest absolute Gasteiger partial charge is 0.497 e. The maximum absolute atomic E-state index is 6.03. The molecule has 21 heavy (non-hydrogen) atoms. The number of benzene rings is 1. The van der Waals surface area contributed by atoms with E-state index in [-0.39, 0.29) is 6.04 Å². The Balaban J connectivity index is 1.88. The highest BCUT2D eigenvalue weighted by atomic mass is 16.5. The van der Waals surface area contributed by atoms with Crippen LogP contribution in [0, 0.1) is 0 Å². The second kappa shape index (κ2) is 5.87. The summed E-state index contributed by atoms with van der Waals surface area (Å²) >= 11 is 0. The molecule has 2 aromatic heterocycles. The van der Waals surface area contributed by atoms with Crippen molar-refractivity contribution in [1.82, 2.24) is 9.55 Å². The van der Waals surface area contributed by atoms with Gasteiger partial charge in [0.2, 0.25) is 0 Å². The van der Waals surface area contributed by atoms with Gasteiger partial charge in [0.25, 0.3) is 0 Å². The number of hydrogen-bond donors (Lipinski definition) is 0. The fourth-order valence-electron chi connectivity index (χ4n) is 2.46. The van der Waals surface area contributed by atoms with E-state index in [4.69, 9.17) is 9.15 Å². The molecule has 0 spiro atoms. The highest BCUT2D eigenvalue weighted by Crippen LogP contribution is 2.29. The number of hydrogen-bond acceptors (Lipinski definition) is 3. The minimum atomic E-state index is 0.180. The van der Waals surface area contributed by atoms with Crippen LogP contribution in [0.1, 0.15) is 25.1 Å². The van der Waals surface area contributed by atoms with Crippen molar-refractivity contribution in [3.63, 3.8) is 0 Å². The van der Waals surface area contributed by atoms with Crippen molar-refractivity contribution in [2.75, 3.05) is 7.11 Å². The van der Waals surface area contributed by atoms with E-state index in [0.29, 0.717) is 0 Å². The van der Waals surface area contributed by atoms with Crippen LogP contribution in [-0.4, -0.2) is 16.7 Å². The van der Waals surface area contributed by atoms with Crippen molar-refractivity contribution in [3.05, 3.63) is 60.9 Å². The van der Waals surface area contributed by atoms with Gasteiger partial charge >= 0.3 is 0 Å². The maximum atomic E-state index is 6.03. The van der Waals surface area contributed by atoms with Gasteiger partial charge in [-0.1, -0.05) is 6.92 Å². The van der Waals surface area contributed by atoms with Crippen molar-refractivity contribution >= 4 is 0 Å². The number of methoxy groups -OCH3 is 1. The summed E-state index contributed by atoms with van der Waals surface area (Å²) in [5.41, 5.74) is 1.04. The predicted molar refractivity (Wildman–Crippen MR) is 81.4 cm³/mol. The number of ether oxygens (including phenoxy) is 1. The minimum absolute atomic E-state index is 0.180. The van der Waals surface area contributed by atoms with Crippen LogP contribution in [0.25, 0.3) is 11.3 Å². The van der Waals surface area contributed by atoms with Gasteiger partial charge in [0.05, 0.1) is 19.5 Å². The van der Waals surface area contributed by atoms with Gasteiger partial charge in [0.15, 0.2) is 0 Å². The molecule has 3 aromatic rings. The number of imidazole rings is 1. The molecular weight excluding hydrogens is 264 g/mol. The minimum Gasteiger partial charge on any atom is -0.497 e. The topological polar surface area (TPSA) is 40.2 Å². The molecule has 1 aromatic carbocycles. The summed E-state index contributed by atoms with van der Waals surface area (Å²) in [6, 6.07) is 12.1. The Bertz CT molecular complexity index is 684. The molecule has 0 aliphatic carbocycles. The van der Waals surface area contributed by atoms with Gasteiger partial charge in [-0.05, 0) is 42.8 Å². The van der Waals surface area contributed by atoms with Crippen LogP contribution in [0.5, 0.6) is 5.75 Å². The summed E-state index contributed by atoms with van der Waals surface area (Å²) in [5, 5.41) is 0. The summed E-state index contributed by atoms with van der Waals surface area (Å²) < 4.78 is 13.3. The van der Waals surface area contributed by atoms with E-state index in [1.807, 2.05) is 48.9 Å². The summed E-state index contributed by atoms with van der Waals surface area (Å²) in [6.45, 7) is 2.14. The molecule has 0 N–H and O–H groups in total. The van der Waals surface area contributed by atoms with Crippen LogP contribution in [-0.2, 0) is 0 Å². The molecule has 0 radical (unpaired) electrons. The van der Waals surface area contributed by atoms with Gasteiger partial charge in [0, 0.05) is 18.0 Å². The first kappa shape index (κ1) is 13.5. The lowest BCUT2D eigenvalue weighted by Gasteiger charge is -2.13. The molecule has 2 heterocycles. The molecule has 0 aliphatic rings. The van der Waals surface area contributed by atoms with Gasteiger partial charge in [-0.15, -0.1) is 0 Å². The van der Waals surface area contributed by atoms with Gasteiger partial charge in [-0.2, -0.15) is 0 Å². The Hall–Kier alpha value is -2.49. The van der Waals surface area contributed by atoms with Crippen molar-refractivity contribution in [2.24, 2.45) is 0 Å². The van der Waals surface area contributed by atoms with Crippen LogP contribution in [0.4, 0.5) is 0 Å². The molecule has 4 heteroatoms. The van der Waals surface area contributed by atoms with Crippen LogP contribution in [0.15, 0.2) is 59.5 Å². The third-order valence-electron chi connectivity index (χ3n) is 3.60. The first-order valence-electron chi connectivity index (χ1n) is 7.03. The number of rotatable bonds is 5. The van der Waals surface area contributed by atoms with Crippen LogP contribution < -0.4 is 4.74 Å². The highest BCUT2D eigenvalue weighted by molar-refractivity contribution is 5.58. The van der Waals surface area contributed by atoms with E-state index in [1.165, 1.54) is 0 Å². The van der Waals surface area contributed by atoms with E-state index in [1.54, 1.807) is 13.3 Å². The quantitative estimate of drug-likeness (QED) is 0.705. The summed E-state index contributed by atoms with van der Waals surface area (Å²) in [7, 11) is 1.66. The van der Waals surface area contributed by atoms with E-state index >= 15 is 0 Å². The highest BCUT2D eigenvalue weighted by Gasteiger charge is 2.15. The second-order valence-electron chi connectivity index (χ2n) is 4.86. The number of aromatic nitrogens is 2. The molecular formula is C17H18N2O2. The maximum Gasteiger partial charge on any atom is 0.134 e. The van der Waals surface area contributed by atoms with E-state index in [0.717, 1.165) is 29.3 Å². The van der Waals surface area contributed by atoms with Crippen molar-refractivity contribution in [1.29, 1.82) is 0 Å². The van der Waals surface area contributed by atoms with E-state index < -0.39 is 0 Å². The summed E-state index contributed by atoms with van der Waals surface area (Å²) in [6.07, 6.45) is 6.52. The number of furan rings is 1. The second-order valence-corrected chi connectivity index (χ2v) is 4.86. The normalized spacial score (nSPS) is 12.3. The Morgan fingerprint density at radius 1 is 1.19 bits per heavy atom. The first-order valence-corrected chi connectivity index (χ1v) is 7.03. The van der Waals surface area contributed by atoms with Gasteiger partial charge < -0.3 is 13.7 Å². The monoisotopic (exact) mass is 282 g/mol. The third-order valence-corrected chi connectivity index (χ3v) is 3.60. The van der Waals surface area contributed by atoms with Gasteiger partial charge in [0.1, 0.15) is 17.3 Å². The van der Waals surface area contributed by atoms with Crippen molar-refractivity contribution < 1.29 is 9.15 Å². The molecule has 1 unspecified atom stereocenters. The zero-order valence-corrected chi connectivity index (χ0v) is 12.2. The average molecular weight is 282 g/mol. The molecule has 3 rings (SSSR count). The van der Waals surface area contributed by atoms with Gasteiger partial charge in [-0.25, -0.2) is 4.98 Å². The van der Waals surface area contributed by atoms with Crippen LogP contribution in [0.2, 0.25) is 0 Å². The van der Waals surface area contributed by atoms with Gasteiger partial charge in [-0.3, -0.25) is 0 Å². The standard InChI is InChI=1S/C17H18N2O2/c1-3-15(19-11-10-18-12-19)17-9-8-16(21-17)13-4-6-14(20-2)7-5-13/h4-12,15H,3H2,1-2H3. The fourth-order valence-corrected chi connectivity index (χ4v) is 2.46. The van der Waals surface area contributed by atoms with E-state index in [2.05, 4.69) is 16.5 Å². The molecule has 0 saturated heterocycles. The summed E-state index contributed by atoms with van der Waals surface area (Å²) in [5.74, 6) is 2.66. The molecule has 0 aliphatic heterocycles.